The molecule has 2 nitrogen and oxygen atoms in total. The second-order valence-electron chi connectivity index (χ2n) is 5.04. The SMILES string of the molecule is Cc1ccc(C(=O)NCc2cc(C)cc(C)c2)cc1. The Bertz CT molecular complexity index is 564. The van der Waals surface area contributed by atoms with Gasteiger partial charge in [0.25, 0.3) is 5.91 Å². The Kier molecular flexibility index (Phi) is 4.00. The van der Waals surface area contributed by atoms with Gasteiger partial charge in [0, 0.05) is 12.1 Å². The van der Waals surface area contributed by atoms with Crippen molar-refractivity contribution < 1.29 is 4.79 Å². The molecule has 0 bridgehead atoms. The second-order valence-corrected chi connectivity index (χ2v) is 5.04. The summed E-state index contributed by atoms with van der Waals surface area (Å²) >= 11 is 0. The van der Waals surface area contributed by atoms with E-state index in [0.717, 1.165) is 11.1 Å². The van der Waals surface area contributed by atoms with E-state index in [4.69, 9.17) is 0 Å². The van der Waals surface area contributed by atoms with Crippen LogP contribution in [0.5, 0.6) is 0 Å². The van der Waals surface area contributed by atoms with Crippen molar-refractivity contribution in [2.45, 2.75) is 27.3 Å². The summed E-state index contributed by atoms with van der Waals surface area (Å²) < 4.78 is 0. The zero-order chi connectivity index (χ0) is 13.8. The number of hydrogen-bond acceptors (Lipinski definition) is 1. The van der Waals surface area contributed by atoms with Crippen LogP contribution in [0.15, 0.2) is 42.5 Å². The van der Waals surface area contributed by atoms with Crippen LogP contribution in [0, 0.1) is 20.8 Å². The van der Waals surface area contributed by atoms with Crippen LogP contribution in [-0.2, 0) is 6.54 Å². The van der Waals surface area contributed by atoms with Gasteiger partial charge in [-0.3, -0.25) is 4.79 Å². The van der Waals surface area contributed by atoms with Gasteiger partial charge >= 0.3 is 0 Å². The first kappa shape index (κ1) is 13.3. The fourth-order valence-corrected chi connectivity index (χ4v) is 2.16. The molecule has 0 aromatic heterocycles. The molecule has 98 valence electrons. The summed E-state index contributed by atoms with van der Waals surface area (Å²) in [6.07, 6.45) is 0. The topological polar surface area (TPSA) is 29.1 Å². The molecule has 0 saturated carbocycles. The molecule has 2 rings (SSSR count). The molecule has 0 aliphatic carbocycles. The van der Waals surface area contributed by atoms with E-state index in [0.29, 0.717) is 12.1 Å². The van der Waals surface area contributed by atoms with Gasteiger partial charge in [-0.15, -0.1) is 0 Å². The number of carbonyl (C=O) groups is 1. The van der Waals surface area contributed by atoms with Crippen LogP contribution in [-0.4, -0.2) is 5.91 Å². The van der Waals surface area contributed by atoms with Gasteiger partial charge in [0.2, 0.25) is 0 Å². The average Bonchev–Trinajstić information content (AvgIpc) is 2.36. The van der Waals surface area contributed by atoms with Crippen molar-refractivity contribution in [1.82, 2.24) is 5.32 Å². The highest BCUT2D eigenvalue weighted by molar-refractivity contribution is 5.94. The quantitative estimate of drug-likeness (QED) is 0.890. The summed E-state index contributed by atoms with van der Waals surface area (Å²) in [5.74, 6) is -0.0286. The lowest BCUT2D eigenvalue weighted by Gasteiger charge is -2.07. The standard InChI is InChI=1S/C17H19NO/c1-12-4-6-16(7-5-12)17(19)18-11-15-9-13(2)8-14(3)10-15/h4-10H,11H2,1-3H3,(H,18,19). The van der Waals surface area contributed by atoms with Gasteiger partial charge in [0.05, 0.1) is 0 Å². The molecule has 0 atom stereocenters. The van der Waals surface area contributed by atoms with Crippen LogP contribution in [0.1, 0.15) is 32.6 Å². The molecule has 0 aliphatic heterocycles. The number of rotatable bonds is 3. The normalized spacial score (nSPS) is 10.3. The lowest BCUT2D eigenvalue weighted by molar-refractivity contribution is 0.0951. The van der Waals surface area contributed by atoms with E-state index >= 15 is 0 Å². The van der Waals surface area contributed by atoms with Crippen molar-refractivity contribution in [2.24, 2.45) is 0 Å². The number of amides is 1. The van der Waals surface area contributed by atoms with Crippen molar-refractivity contribution >= 4 is 5.91 Å². The van der Waals surface area contributed by atoms with Gasteiger partial charge in [-0.25, -0.2) is 0 Å². The molecule has 0 spiro atoms. The monoisotopic (exact) mass is 253 g/mol. The van der Waals surface area contributed by atoms with Crippen LogP contribution in [0.3, 0.4) is 0 Å². The maximum atomic E-state index is 12.0. The fraction of sp³-hybridized carbons (Fsp3) is 0.235. The fourth-order valence-electron chi connectivity index (χ4n) is 2.16. The molecule has 1 N–H and O–H groups in total. The molecule has 0 unspecified atom stereocenters. The number of aryl methyl sites for hydroxylation is 3. The minimum Gasteiger partial charge on any atom is -0.348 e. The predicted molar refractivity (Wildman–Crippen MR) is 78.3 cm³/mol. The minimum atomic E-state index is -0.0286. The second kappa shape index (κ2) is 5.70. The third-order valence-electron chi connectivity index (χ3n) is 3.05. The van der Waals surface area contributed by atoms with Gasteiger partial charge < -0.3 is 5.32 Å². The summed E-state index contributed by atoms with van der Waals surface area (Å²) in [5.41, 5.74) is 5.44. The maximum absolute atomic E-state index is 12.0. The number of hydrogen-bond donors (Lipinski definition) is 1. The molecule has 2 aromatic rings. The number of benzene rings is 2. The van der Waals surface area contributed by atoms with Crippen molar-refractivity contribution in [3.63, 3.8) is 0 Å². The molecule has 2 heteroatoms. The van der Waals surface area contributed by atoms with Crippen LogP contribution >= 0.6 is 0 Å². The smallest absolute Gasteiger partial charge is 0.251 e. The van der Waals surface area contributed by atoms with Gasteiger partial charge in [0.15, 0.2) is 0 Å². The summed E-state index contributed by atoms with van der Waals surface area (Å²) in [5, 5.41) is 2.95. The van der Waals surface area contributed by atoms with E-state index in [2.05, 4.69) is 37.4 Å². The van der Waals surface area contributed by atoms with Crippen molar-refractivity contribution in [3.8, 4) is 0 Å². The summed E-state index contributed by atoms with van der Waals surface area (Å²) in [6, 6.07) is 13.9. The summed E-state index contributed by atoms with van der Waals surface area (Å²) in [6.45, 7) is 6.71. The Balaban J connectivity index is 2.02. The highest BCUT2D eigenvalue weighted by atomic mass is 16.1. The maximum Gasteiger partial charge on any atom is 0.251 e. The van der Waals surface area contributed by atoms with E-state index in [9.17, 15) is 4.79 Å². The predicted octanol–water partition coefficient (Wildman–Crippen LogP) is 3.54. The van der Waals surface area contributed by atoms with E-state index in [1.165, 1.54) is 11.1 Å². The third-order valence-corrected chi connectivity index (χ3v) is 3.05. The van der Waals surface area contributed by atoms with Crippen molar-refractivity contribution in [1.29, 1.82) is 0 Å². The molecule has 0 fully saturated rings. The van der Waals surface area contributed by atoms with E-state index in [-0.39, 0.29) is 5.91 Å². The van der Waals surface area contributed by atoms with Crippen LogP contribution in [0.25, 0.3) is 0 Å². The molecule has 1 amide bonds. The van der Waals surface area contributed by atoms with Crippen LogP contribution in [0.2, 0.25) is 0 Å². The third kappa shape index (κ3) is 3.68. The van der Waals surface area contributed by atoms with Gasteiger partial charge in [-0.05, 0) is 38.5 Å². The Morgan fingerprint density at radius 2 is 1.47 bits per heavy atom. The number of carbonyl (C=O) groups excluding carboxylic acids is 1. The van der Waals surface area contributed by atoms with Crippen LogP contribution < -0.4 is 5.32 Å². The highest BCUT2D eigenvalue weighted by Gasteiger charge is 2.04. The molecule has 0 saturated heterocycles. The molecule has 0 heterocycles. The molecule has 19 heavy (non-hydrogen) atoms. The highest BCUT2D eigenvalue weighted by Crippen LogP contribution is 2.09. The Labute approximate surface area is 114 Å². The van der Waals surface area contributed by atoms with Gasteiger partial charge in [-0.2, -0.15) is 0 Å². The summed E-state index contributed by atoms with van der Waals surface area (Å²) in [4.78, 5) is 12.0. The van der Waals surface area contributed by atoms with E-state index in [1.54, 1.807) is 0 Å². The number of nitrogens with one attached hydrogen (secondary N) is 1. The molecule has 2 aromatic carbocycles. The minimum absolute atomic E-state index is 0.0286. The Hall–Kier alpha value is -2.09. The van der Waals surface area contributed by atoms with E-state index in [1.807, 2.05) is 31.2 Å². The molecule has 0 aliphatic rings. The first-order chi connectivity index (χ1) is 9.04. The lowest BCUT2D eigenvalue weighted by atomic mass is 10.1. The summed E-state index contributed by atoms with van der Waals surface area (Å²) in [7, 11) is 0. The lowest BCUT2D eigenvalue weighted by Crippen LogP contribution is -2.22. The first-order valence-corrected chi connectivity index (χ1v) is 6.46. The van der Waals surface area contributed by atoms with Crippen molar-refractivity contribution in [2.75, 3.05) is 0 Å². The zero-order valence-corrected chi connectivity index (χ0v) is 11.7. The van der Waals surface area contributed by atoms with Gasteiger partial charge in [0.1, 0.15) is 0 Å². The van der Waals surface area contributed by atoms with Gasteiger partial charge in [-0.1, -0.05) is 47.0 Å². The van der Waals surface area contributed by atoms with E-state index < -0.39 is 0 Å². The molecular weight excluding hydrogens is 234 g/mol. The molecule has 0 radical (unpaired) electrons. The Morgan fingerprint density at radius 3 is 2.05 bits per heavy atom. The first-order valence-electron chi connectivity index (χ1n) is 6.46. The Morgan fingerprint density at radius 1 is 0.895 bits per heavy atom. The largest absolute Gasteiger partial charge is 0.348 e. The molecular formula is C17H19NO. The van der Waals surface area contributed by atoms with Crippen LogP contribution in [0.4, 0.5) is 0 Å². The average molecular weight is 253 g/mol. The zero-order valence-electron chi connectivity index (χ0n) is 11.7. The van der Waals surface area contributed by atoms with Crippen molar-refractivity contribution in [3.05, 3.63) is 70.3 Å².